The average Bonchev–Trinajstić information content (AvgIpc) is 3.13. The predicted molar refractivity (Wildman–Crippen MR) is 112 cm³/mol. The second-order valence-corrected chi connectivity index (χ2v) is 7.44. The van der Waals surface area contributed by atoms with Crippen LogP contribution in [0.4, 0.5) is 0 Å². The molecule has 0 saturated heterocycles. The fourth-order valence-corrected chi connectivity index (χ4v) is 3.88. The SMILES string of the molecule is CCc1cc2c(COC(=O)/C=C/c3nc4ccccc4s3)cc(=O)oc2cc1O. The van der Waals surface area contributed by atoms with Crippen molar-refractivity contribution in [1.82, 2.24) is 4.98 Å². The number of nitrogens with zero attached hydrogens (tertiary/aromatic N) is 1. The third-order valence-electron chi connectivity index (χ3n) is 4.45. The molecule has 0 saturated carbocycles. The van der Waals surface area contributed by atoms with Crippen molar-refractivity contribution in [2.75, 3.05) is 0 Å². The zero-order chi connectivity index (χ0) is 20.4. The number of rotatable bonds is 5. The fourth-order valence-electron chi connectivity index (χ4n) is 3.01. The molecule has 0 aliphatic rings. The van der Waals surface area contributed by atoms with Gasteiger partial charge in [0.05, 0.1) is 10.2 Å². The molecule has 6 nitrogen and oxygen atoms in total. The normalized spacial score (nSPS) is 11.5. The summed E-state index contributed by atoms with van der Waals surface area (Å²) in [6.07, 6.45) is 3.54. The number of carbonyl (C=O) groups is 1. The number of aromatic nitrogens is 1. The first-order valence-corrected chi connectivity index (χ1v) is 9.84. The van der Waals surface area contributed by atoms with Crippen molar-refractivity contribution >= 4 is 44.6 Å². The van der Waals surface area contributed by atoms with Crippen molar-refractivity contribution in [2.24, 2.45) is 0 Å². The lowest BCUT2D eigenvalue weighted by atomic mass is 10.0. The summed E-state index contributed by atoms with van der Waals surface area (Å²) >= 11 is 1.48. The Morgan fingerprint density at radius 3 is 2.86 bits per heavy atom. The minimum Gasteiger partial charge on any atom is -0.508 e. The maximum absolute atomic E-state index is 12.1. The highest BCUT2D eigenvalue weighted by atomic mass is 32.1. The van der Waals surface area contributed by atoms with Crippen LogP contribution in [0.5, 0.6) is 5.75 Å². The van der Waals surface area contributed by atoms with E-state index in [1.165, 1.54) is 29.5 Å². The smallest absolute Gasteiger partial charge is 0.336 e. The number of esters is 1. The number of para-hydroxylation sites is 1. The maximum Gasteiger partial charge on any atom is 0.336 e. The van der Waals surface area contributed by atoms with Gasteiger partial charge >= 0.3 is 11.6 Å². The van der Waals surface area contributed by atoms with Crippen LogP contribution in [0.2, 0.25) is 0 Å². The Bertz CT molecular complexity index is 1270. The molecular weight excluding hydrogens is 390 g/mol. The number of phenols is 1. The van der Waals surface area contributed by atoms with Crippen molar-refractivity contribution in [2.45, 2.75) is 20.0 Å². The standard InChI is InChI=1S/C22H17NO5S/c1-2-13-9-15-14(10-22(26)28-18(15)11-17(13)24)12-27-21(25)8-7-20-23-16-5-3-4-6-19(16)29-20/h3-11,24H,2,12H2,1H3/b8-7+. The zero-order valence-corrected chi connectivity index (χ0v) is 16.4. The van der Waals surface area contributed by atoms with Crippen LogP contribution in [-0.2, 0) is 22.6 Å². The maximum atomic E-state index is 12.1. The molecule has 4 rings (SSSR count). The van der Waals surface area contributed by atoms with Gasteiger partial charge in [0.1, 0.15) is 22.9 Å². The number of hydrogen-bond donors (Lipinski definition) is 1. The number of benzene rings is 2. The monoisotopic (exact) mass is 407 g/mol. The van der Waals surface area contributed by atoms with Crippen LogP contribution in [0.1, 0.15) is 23.1 Å². The Morgan fingerprint density at radius 2 is 2.07 bits per heavy atom. The summed E-state index contributed by atoms with van der Waals surface area (Å²) < 4.78 is 11.5. The van der Waals surface area contributed by atoms with E-state index in [2.05, 4.69) is 4.98 Å². The van der Waals surface area contributed by atoms with Crippen molar-refractivity contribution < 1.29 is 19.1 Å². The van der Waals surface area contributed by atoms with E-state index < -0.39 is 11.6 Å². The quantitative estimate of drug-likeness (QED) is 0.299. The number of fused-ring (bicyclic) bond motifs is 2. The van der Waals surface area contributed by atoms with Crippen molar-refractivity contribution in [3.63, 3.8) is 0 Å². The van der Waals surface area contributed by atoms with Gasteiger partial charge in [0, 0.05) is 29.2 Å². The molecule has 0 fully saturated rings. The van der Waals surface area contributed by atoms with E-state index in [9.17, 15) is 14.7 Å². The van der Waals surface area contributed by atoms with Crippen molar-refractivity contribution in [3.8, 4) is 5.75 Å². The van der Waals surface area contributed by atoms with E-state index >= 15 is 0 Å². The number of carbonyl (C=O) groups excluding carboxylic acids is 1. The molecule has 0 aliphatic carbocycles. The number of aromatic hydroxyl groups is 1. The number of hydrogen-bond acceptors (Lipinski definition) is 7. The van der Waals surface area contributed by atoms with Gasteiger partial charge in [-0.25, -0.2) is 14.6 Å². The number of aryl methyl sites for hydroxylation is 1. The molecule has 7 heteroatoms. The van der Waals surface area contributed by atoms with Gasteiger partial charge < -0.3 is 14.3 Å². The molecular formula is C22H17NO5S. The second-order valence-electron chi connectivity index (χ2n) is 6.38. The zero-order valence-electron chi connectivity index (χ0n) is 15.5. The summed E-state index contributed by atoms with van der Waals surface area (Å²) in [4.78, 5) is 28.4. The fraction of sp³-hybridized carbons (Fsp3) is 0.136. The summed E-state index contributed by atoms with van der Waals surface area (Å²) in [5.41, 5.74) is 1.80. The van der Waals surface area contributed by atoms with Gasteiger partial charge in [-0.1, -0.05) is 19.1 Å². The molecule has 0 amide bonds. The molecule has 4 aromatic rings. The summed E-state index contributed by atoms with van der Waals surface area (Å²) in [7, 11) is 0. The van der Waals surface area contributed by atoms with Gasteiger partial charge in [-0.2, -0.15) is 0 Å². The third-order valence-corrected chi connectivity index (χ3v) is 5.45. The van der Waals surface area contributed by atoms with E-state index in [0.717, 1.165) is 15.8 Å². The van der Waals surface area contributed by atoms with Gasteiger partial charge in [-0.05, 0) is 36.3 Å². The number of thiazole rings is 1. The highest BCUT2D eigenvalue weighted by molar-refractivity contribution is 7.19. The summed E-state index contributed by atoms with van der Waals surface area (Å²) in [5.74, 6) is -0.476. The lowest BCUT2D eigenvalue weighted by molar-refractivity contribution is -0.138. The molecule has 0 spiro atoms. The van der Waals surface area contributed by atoms with Crippen LogP contribution in [0.25, 0.3) is 27.3 Å². The first-order valence-electron chi connectivity index (χ1n) is 9.02. The third kappa shape index (κ3) is 4.05. The molecule has 0 unspecified atom stereocenters. The van der Waals surface area contributed by atoms with Crippen LogP contribution >= 0.6 is 11.3 Å². The summed E-state index contributed by atoms with van der Waals surface area (Å²) in [6, 6.07) is 12.2. The van der Waals surface area contributed by atoms with Gasteiger partial charge in [0.25, 0.3) is 0 Å². The van der Waals surface area contributed by atoms with Crippen LogP contribution < -0.4 is 5.63 Å². The Balaban J connectivity index is 1.52. The largest absolute Gasteiger partial charge is 0.508 e. The topological polar surface area (TPSA) is 89.6 Å². The van der Waals surface area contributed by atoms with Crippen LogP contribution in [0.15, 0.2) is 57.8 Å². The summed E-state index contributed by atoms with van der Waals surface area (Å²) in [6.45, 7) is 1.82. The Kier molecular flexibility index (Phi) is 5.14. The van der Waals surface area contributed by atoms with Gasteiger partial charge in [0.15, 0.2) is 0 Å². The molecule has 2 aromatic carbocycles. The average molecular weight is 407 g/mol. The Morgan fingerprint density at radius 1 is 1.24 bits per heavy atom. The minimum absolute atomic E-state index is 0.0658. The van der Waals surface area contributed by atoms with E-state index in [1.54, 1.807) is 12.1 Å². The van der Waals surface area contributed by atoms with Gasteiger partial charge in [-0.3, -0.25) is 0 Å². The molecule has 2 heterocycles. The molecule has 29 heavy (non-hydrogen) atoms. The van der Waals surface area contributed by atoms with Crippen LogP contribution in [-0.4, -0.2) is 16.1 Å². The van der Waals surface area contributed by atoms with E-state index in [-0.39, 0.29) is 17.9 Å². The molecule has 0 bridgehead atoms. The van der Waals surface area contributed by atoms with E-state index in [4.69, 9.17) is 9.15 Å². The van der Waals surface area contributed by atoms with Gasteiger partial charge in [0.2, 0.25) is 0 Å². The molecule has 146 valence electrons. The van der Waals surface area contributed by atoms with Crippen molar-refractivity contribution in [3.05, 3.63) is 75.1 Å². The highest BCUT2D eigenvalue weighted by Gasteiger charge is 2.11. The number of ether oxygens (including phenoxy) is 1. The van der Waals surface area contributed by atoms with Crippen LogP contribution in [0, 0.1) is 0 Å². The second kappa shape index (κ2) is 7.89. The molecule has 1 N–H and O–H groups in total. The lowest BCUT2D eigenvalue weighted by Gasteiger charge is -2.08. The molecule has 2 aromatic heterocycles. The lowest BCUT2D eigenvalue weighted by Crippen LogP contribution is -2.06. The van der Waals surface area contributed by atoms with Gasteiger partial charge in [-0.15, -0.1) is 11.3 Å². The van der Waals surface area contributed by atoms with Crippen LogP contribution in [0.3, 0.4) is 0 Å². The first kappa shape index (κ1) is 18.9. The van der Waals surface area contributed by atoms with E-state index in [0.29, 0.717) is 22.4 Å². The highest BCUT2D eigenvalue weighted by Crippen LogP contribution is 2.27. The number of phenolic OH excluding ortho intramolecular Hbond substituents is 1. The Hall–Kier alpha value is -3.45. The predicted octanol–water partition coefficient (Wildman–Crippen LogP) is 4.43. The minimum atomic E-state index is -0.572. The summed E-state index contributed by atoms with van der Waals surface area (Å²) in [5, 5.41) is 11.3. The molecule has 0 aliphatic heterocycles. The molecule has 0 atom stereocenters. The van der Waals surface area contributed by atoms with E-state index in [1.807, 2.05) is 31.2 Å². The first-order chi connectivity index (χ1) is 14.0. The Labute approximate surface area is 169 Å². The van der Waals surface area contributed by atoms with Crippen molar-refractivity contribution in [1.29, 1.82) is 0 Å². The molecule has 0 radical (unpaired) electrons.